The number of piperidine rings is 1. The van der Waals surface area contributed by atoms with E-state index in [1.165, 1.54) is 19.3 Å². The molecule has 1 saturated heterocycles. The molecule has 0 radical (unpaired) electrons. The van der Waals surface area contributed by atoms with Crippen LogP contribution in [0.25, 0.3) is 0 Å². The Labute approximate surface area is 143 Å². The van der Waals surface area contributed by atoms with Crippen LogP contribution in [0.2, 0.25) is 0 Å². The lowest BCUT2D eigenvalue weighted by atomic mass is 9.97. The van der Waals surface area contributed by atoms with Crippen molar-refractivity contribution in [1.29, 1.82) is 0 Å². The van der Waals surface area contributed by atoms with Crippen molar-refractivity contribution in [3.05, 3.63) is 35.4 Å². The number of carbonyl (C=O) groups excluding carboxylic acids is 2. The first-order chi connectivity index (χ1) is 11.5. The molecule has 0 spiro atoms. The number of amides is 1. The molecule has 1 amide bonds. The predicted octanol–water partition coefficient (Wildman–Crippen LogP) is 2.15. The van der Waals surface area contributed by atoms with Crippen molar-refractivity contribution in [3.63, 3.8) is 0 Å². The molecule has 0 bridgehead atoms. The fourth-order valence-corrected chi connectivity index (χ4v) is 3.51. The monoisotopic (exact) mass is 330 g/mol. The Morgan fingerprint density at radius 1 is 1.25 bits per heavy atom. The lowest BCUT2D eigenvalue weighted by Crippen LogP contribution is -2.55. The summed E-state index contributed by atoms with van der Waals surface area (Å²) in [4.78, 5) is 26.9. The molecule has 1 N–H and O–H groups in total. The number of hydrogen-bond donors (Lipinski definition) is 1. The largest absolute Gasteiger partial charge is 0.448 e. The highest BCUT2D eigenvalue weighted by Crippen LogP contribution is 2.22. The van der Waals surface area contributed by atoms with Gasteiger partial charge in [-0.05, 0) is 51.4 Å². The van der Waals surface area contributed by atoms with Crippen molar-refractivity contribution in [3.8, 4) is 0 Å². The smallest absolute Gasteiger partial charge is 0.339 e. The third kappa shape index (κ3) is 3.61. The highest BCUT2D eigenvalue weighted by molar-refractivity contribution is 5.95. The average molecular weight is 330 g/mol. The predicted molar refractivity (Wildman–Crippen MR) is 91.9 cm³/mol. The average Bonchev–Trinajstić information content (AvgIpc) is 2.60. The Morgan fingerprint density at radius 3 is 2.71 bits per heavy atom. The fraction of sp³-hybridized carbons (Fsp3) is 0.579. The van der Waals surface area contributed by atoms with Gasteiger partial charge in [0.05, 0.1) is 5.56 Å². The van der Waals surface area contributed by atoms with Gasteiger partial charge in [0.25, 0.3) is 5.91 Å². The lowest BCUT2D eigenvalue weighted by Gasteiger charge is -2.41. The van der Waals surface area contributed by atoms with Crippen LogP contribution in [0.5, 0.6) is 0 Å². The van der Waals surface area contributed by atoms with Crippen molar-refractivity contribution in [2.75, 3.05) is 19.6 Å². The van der Waals surface area contributed by atoms with Gasteiger partial charge in [0, 0.05) is 18.5 Å². The van der Waals surface area contributed by atoms with Gasteiger partial charge in [-0.25, -0.2) is 4.79 Å². The molecule has 1 fully saturated rings. The zero-order valence-corrected chi connectivity index (χ0v) is 14.5. The van der Waals surface area contributed by atoms with Gasteiger partial charge in [0.15, 0.2) is 6.10 Å². The topological polar surface area (TPSA) is 58.6 Å². The number of ether oxygens (including phenoxy) is 1. The summed E-state index contributed by atoms with van der Waals surface area (Å²) in [6.45, 7) is 7.02. The molecule has 1 aromatic rings. The van der Waals surface area contributed by atoms with Crippen LogP contribution >= 0.6 is 0 Å². The number of nitrogens with one attached hydrogen (secondary N) is 1. The summed E-state index contributed by atoms with van der Waals surface area (Å²) < 4.78 is 5.32. The van der Waals surface area contributed by atoms with Gasteiger partial charge in [0.1, 0.15) is 0 Å². The molecule has 1 atom stereocenters. The van der Waals surface area contributed by atoms with Gasteiger partial charge < -0.3 is 10.1 Å². The standard InChI is InChI=1S/C19H26N2O3/c1-19(2,21-10-6-3-7-11-21)13-20-17(22)16-12-14-8-4-5-9-15(14)18(23)24-16/h4-5,8-9,16H,3,6-7,10-13H2,1-2H3,(H,20,22). The summed E-state index contributed by atoms with van der Waals surface area (Å²) in [5.41, 5.74) is 1.35. The quantitative estimate of drug-likeness (QED) is 0.860. The number of esters is 1. The van der Waals surface area contributed by atoms with Gasteiger partial charge in [-0.15, -0.1) is 0 Å². The summed E-state index contributed by atoms with van der Waals surface area (Å²) in [7, 11) is 0. The maximum Gasteiger partial charge on any atom is 0.339 e. The molecule has 1 unspecified atom stereocenters. The van der Waals surface area contributed by atoms with Crippen LogP contribution in [0, 0.1) is 0 Å². The van der Waals surface area contributed by atoms with E-state index in [9.17, 15) is 9.59 Å². The molecule has 2 heterocycles. The molecule has 24 heavy (non-hydrogen) atoms. The van der Waals surface area contributed by atoms with Crippen LogP contribution in [0.4, 0.5) is 0 Å². The van der Waals surface area contributed by atoms with Crippen LogP contribution in [-0.4, -0.2) is 48.1 Å². The molecule has 2 aliphatic heterocycles. The zero-order chi connectivity index (χ0) is 17.2. The van der Waals surface area contributed by atoms with E-state index in [-0.39, 0.29) is 11.4 Å². The number of carbonyl (C=O) groups is 2. The van der Waals surface area contributed by atoms with E-state index in [2.05, 4.69) is 24.1 Å². The minimum Gasteiger partial charge on any atom is -0.448 e. The summed E-state index contributed by atoms with van der Waals surface area (Å²) in [5.74, 6) is -0.616. The number of cyclic esters (lactones) is 1. The normalized spacial score (nSPS) is 21.8. The van der Waals surface area contributed by atoms with Gasteiger partial charge in [-0.2, -0.15) is 0 Å². The highest BCUT2D eigenvalue weighted by Gasteiger charge is 2.33. The number of rotatable bonds is 4. The van der Waals surface area contributed by atoms with Crippen molar-refractivity contribution >= 4 is 11.9 Å². The van der Waals surface area contributed by atoms with Crippen LogP contribution in [-0.2, 0) is 16.0 Å². The van der Waals surface area contributed by atoms with E-state index in [4.69, 9.17) is 4.74 Å². The van der Waals surface area contributed by atoms with Crippen molar-refractivity contribution in [2.45, 2.75) is 51.2 Å². The number of fused-ring (bicyclic) bond motifs is 1. The van der Waals surface area contributed by atoms with Crippen molar-refractivity contribution in [1.82, 2.24) is 10.2 Å². The summed E-state index contributed by atoms with van der Waals surface area (Å²) in [6, 6.07) is 7.31. The van der Waals surface area contributed by atoms with Gasteiger partial charge >= 0.3 is 5.97 Å². The summed E-state index contributed by atoms with van der Waals surface area (Å²) >= 11 is 0. The molecule has 5 heteroatoms. The van der Waals surface area contributed by atoms with E-state index in [1.807, 2.05) is 18.2 Å². The van der Waals surface area contributed by atoms with Gasteiger partial charge in [-0.3, -0.25) is 9.69 Å². The number of likely N-dealkylation sites (tertiary alicyclic amines) is 1. The van der Waals surface area contributed by atoms with Crippen LogP contribution in [0.3, 0.4) is 0 Å². The Bertz CT molecular complexity index is 621. The molecular weight excluding hydrogens is 304 g/mol. The van der Waals surface area contributed by atoms with Crippen molar-refractivity contribution < 1.29 is 14.3 Å². The third-order valence-corrected chi connectivity index (χ3v) is 5.09. The number of hydrogen-bond acceptors (Lipinski definition) is 4. The summed E-state index contributed by atoms with van der Waals surface area (Å²) in [6.07, 6.45) is 3.43. The van der Waals surface area contributed by atoms with Gasteiger partial charge in [0.2, 0.25) is 0 Å². The number of benzene rings is 1. The molecule has 1 aromatic carbocycles. The third-order valence-electron chi connectivity index (χ3n) is 5.09. The van der Waals surface area contributed by atoms with E-state index < -0.39 is 12.1 Å². The Morgan fingerprint density at radius 2 is 1.96 bits per heavy atom. The minimum atomic E-state index is -0.732. The Balaban J connectivity index is 1.58. The second-order valence-electron chi connectivity index (χ2n) is 7.33. The Hall–Kier alpha value is -1.88. The molecule has 130 valence electrons. The molecule has 0 saturated carbocycles. The zero-order valence-electron chi connectivity index (χ0n) is 14.5. The van der Waals surface area contributed by atoms with E-state index >= 15 is 0 Å². The van der Waals surface area contributed by atoms with E-state index in [1.54, 1.807) is 6.07 Å². The second-order valence-corrected chi connectivity index (χ2v) is 7.33. The van der Waals surface area contributed by atoms with E-state index in [0.717, 1.165) is 18.7 Å². The maximum absolute atomic E-state index is 12.5. The SMILES string of the molecule is CC(C)(CNC(=O)C1Cc2ccccc2C(=O)O1)N1CCCCC1. The number of nitrogens with zero attached hydrogens (tertiary/aromatic N) is 1. The molecule has 0 aromatic heterocycles. The highest BCUT2D eigenvalue weighted by atomic mass is 16.5. The first-order valence-electron chi connectivity index (χ1n) is 8.79. The fourth-order valence-electron chi connectivity index (χ4n) is 3.51. The second kappa shape index (κ2) is 6.93. The van der Waals surface area contributed by atoms with Crippen LogP contribution in [0.1, 0.15) is 49.0 Å². The lowest BCUT2D eigenvalue weighted by molar-refractivity contribution is -0.130. The first-order valence-corrected chi connectivity index (χ1v) is 8.79. The molecule has 0 aliphatic carbocycles. The first kappa shape index (κ1) is 17.0. The minimum absolute atomic E-state index is 0.0906. The molecule has 2 aliphatic rings. The maximum atomic E-state index is 12.5. The Kier molecular flexibility index (Phi) is 4.90. The van der Waals surface area contributed by atoms with Crippen molar-refractivity contribution in [2.24, 2.45) is 0 Å². The van der Waals surface area contributed by atoms with Gasteiger partial charge in [-0.1, -0.05) is 24.6 Å². The summed E-state index contributed by atoms with van der Waals surface area (Å²) in [5, 5.41) is 2.98. The molecular formula is C19H26N2O3. The molecule has 3 rings (SSSR count). The van der Waals surface area contributed by atoms with Crippen LogP contribution in [0.15, 0.2) is 24.3 Å². The molecule has 5 nitrogen and oxygen atoms in total. The van der Waals surface area contributed by atoms with E-state index in [0.29, 0.717) is 18.5 Å². The van der Waals surface area contributed by atoms with Crippen LogP contribution < -0.4 is 5.32 Å².